The number of likely N-dealkylation sites (N-methyl/N-ethyl adjacent to an activating group) is 1. The van der Waals surface area contributed by atoms with Gasteiger partial charge in [0.25, 0.3) is 0 Å². The van der Waals surface area contributed by atoms with E-state index in [1.54, 1.807) is 36.4 Å². The molecule has 2 N–H and O–H groups in total. The zero-order valence-corrected chi connectivity index (χ0v) is 22.6. The summed E-state index contributed by atoms with van der Waals surface area (Å²) in [5, 5.41) is 7.61. The number of anilines is 2. The van der Waals surface area contributed by atoms with Crippen LogP contribution in [0.4, 0.5) is 11.4 Å². The van der Waals surface area contributed by atoms with Gasteiger partial charge in [0.15, 0.2) is 5.11 Å². The number of hydrogen-bond donors (Lipinski definition) is 2. The van der Waals surface area contributed by atoms with Crippen LogP contribution in [0.15, 0.2) is 59.0 Å². The Balaban J connectivity index is 1.37. The summed E-state index contributed by atoms with van der Waals surface area (Å²) >= 11 is 24.1. The predicted octanol–water partition coefficient (Wildman–Crippen LogP) is 6.58. The number of carbonyl (C=O) groups excluding carboxylic acids is 1. The van der Waals surface area contributed by atoms with E-state index in [4.69, 9.17) is 51.4 Å². The van der Waals surface area contributed by atoms with Crippen molar-refractivity contribution < 1.29 is 9.21 Å². The van der Waals surface area contributed by atoms with E-state index in [1.165, 1.54) is 6.08 Å². The summed E-state index contributed by atoms with van der Waals surface area (Å²) in [6, 6.07) is 14.3. The predicted molar refractivity (Wildman–Crippen MR) is 153 cm³/mol. The molecule has 1 fully saturated rings. The Labute approximate surface area is 230 Å². The Morgan fingerprint density at radius 3 is 2.56 bits per heavy atom. The Morgan fingerprint density at radius 2 is 1.83 bits per heavy atom. The molecule has 0 saturated carbocycles. The number of furan rings is 1. The van der Waals surface area contributed by atoms with Gasteiger partial charge in [-0.15, -0.1) is 0 Å². The normalized spacial score (nSPS) is 14.3. The molecular formula is C26H25Cl3N4O2S. The van der Waals surface area contributed by atoms with Crippen molar-refractivity contribution in [2.45, 2.75) is 6.92 Å². The second kappa shape index (κ2) is 12.1. The van der Waals surface area contributed by atoms with Crippen molar-refractivity contribution in [3.8, 4) is 11.3 Å². The monoisotopic (exact) mass is 562 g/mol. The summed E-state index contributed by atoms with van der Waals surface area (Å²) in [5.74, 6) is 0.672. The number of carbonyl (C=O) groups is 1. The SMILES string of the molecule is CCN1CCN(c2c(Cl)cccc2NC(=S)NC(=O)C=Cc2ccc(-c3ccc(Cl)cc3Cl)o2)CC1. The molecule has 4 rings (SSSR count). The Bertz CT molecular complexity index is 1290. The van der Waals surface area contributed by atoms with Gasteiger partial charge in [0.1, 0.15) is 11.5 Å². The summed E-state index contributed by atoms with van der Waals surface area (Å²) < 4.78 is 5.79. The maximum Gasteiger partial charge on any atom is 0.250 e. The largest absolute Gasteiger partial charge is 0.457 e. The molecule has 0 radical (unpaired) electrons. The Kier molecular flexibility index (Phi) is 8.93. The molecule has 0 atom stereocenters. The molecule has 1 saturated heterocycles. The first-order chi connectivity index (χ1) is 17.3. The van der Waals surface area contributed by atoms with Crippen LogP contribution in [0.25, 0.3) is 17.4 Å². The number of thiocarbonyl (C=S) groups is 1. The second-order valence-corrected chi connectivity index (χ2v) is 9.82. The maximum absolute atomic E-state index is 12.5. The van der Waals surface area contributed by atoms with Crippen LogP contribution in [0.5, 0.6) is 0 Å². The molecule has 188 valence electrons. The van der Waals surface area contributed by atoms with Crippen molar-refractivity contribution >= 4 is 75.5 Å². The molecule has 0 aliphatic carbocycles. The fourth-order valence-electron chi connectivity index (χ4n) is 3.97. The van der Waals surface area contributed by atoms with Gasteiger partial charge in [0, 0.05) is 42.8 Å². The lowest BCUT2D eigenvalue weighted by atomic mass is 10.2. The first-order valence-electron chi connectivity index (χ1n) is 11.4. The molecule has 0 spiro atoms. The summed E-state index contributed by atoms with van der Waals surface area (Å²) in [6.45, 7) is 6.84. The summed E-state index contributed by atoms with van der Waals surface area (Å²) in [7, 11) is 0. The van der Waals surface area contributed by atoms with Crippen LogP contribution in [-0.4, -0.2) is 48.6 Å². The van der Waals surface area contributed by atoms with E-state index in [2.05, 4.69) is 27.4 Å². The molecule has 3 aromatic rings. The minimum atomic E-state index is -0.393. The number of para-hydroxylation sites is 1. The number of hydrogen-bond acceptors (Lipinski definition) is 5. The molecule has 2 aromatic carbocycles. The van der Waals surface area contributed by atoms with Gasteiger partial charge in [-0.3, -0.25) is 10.1 Å². The molecule has 1 amide bonds. The van der Waals surface area contributed by atoms with Gasteiger partial charge in [0.2, 0.25) is 5.91 Å². The summed E-state index contributed by atoms with van der Waals surface area (Å²) in [5.41, 5.74) is 2.34. The second-order valence-electron chi connectivity index (χ2n) is 8.16. The number of benzene rings is 2. The fourth-order valence-corrected chi connectivity index (χ4v) is 4.97. The molecule has 10 heteroatoms. The highest BCUT2D eigenvalue weighted by molar-refractivity contribution is 7.80. The molecule has 2 heterocycles. The van der Waals surface area contributed by atoms with E-state index in [0.29, 0.717) is 32.2 Å². The molecule has 0 unspecified atom stereocenters. The lowest BCUT2D eigenvalue weighted by Gasteiger charge is -2.36. The van der Waals surface area contributed by atoms with Gasteiger partial charge in [0.05, 0.1) is 21.4 Å². The van der Waals surface area contributed by atoms with Crippen LogP contribution in [0.3, 0.4) is 0 Å². The highest BCUT2D eigenvalue weighted by Gasteiger charge is 2.21. The van der Waals surface area contributed by atoms with Crippen LogP contribution >= 0.6 is 47.0 Å². The number of nitrogens with one attached hydrogen (secondary N) is 2. The van der Waals surface area contributed by atoms with Crippen molar-refractivity contribution in [2.24, 2.45) is 0 Å². The summed E-state index contributed by atoms with van der Waals surface area (Å²) in [4.78, 5) is 17.1. The molecule has 36 heavy (non-hydrogen) atoms. The Hall–Kier alpha value is -2.55. The molecule has 6 nitrogen and oxygen atoms in total. The number of piperazine rings is 1. The van der Waals surface area contributed by atoms with E-state index in [9.17, 15) is 4.79 Å². The van der Waals surface area contributed by atoms with E-state index in [0.717, 1.165) is 44.1 Å². The zero-order chi connectivity index (χ0) is 25.7. The van der Waals surface area contributed by atoms with Gasteiger partial charge in [-0.25, -0.2) is 0 Å². The summed E-state index contributed by atoms with van der Waals surface area (Å²) in [6.07, 6.45) is 2.91. The van der Waals surface area contributed by atoms with Crippen LogP contribution in [0.1, 0.15) is 12.7 Å². The van der Waals surface area contributed by atoms with Crippen LogP contribution in [-0.2, 0) is 4.79 Å². The lowest BCUT2D eigenvalue weighted by Crippen LogP contribution is -2.46. The molecular weight excluding hydrogens is 539 g/mol. The van der Waals surface area contributed by atoms with Crippen LogP contribution in [0.2, 0.25) is 15.1 Å². The molecule has 0 bridgehead atoms. The topological polar surface area (TPSA) is 60.8 Å². The van der Waals surface area contributed by atoms with Crippen LogP contribution in [0, 0.1) is 0 Å². The maximum atomic E-state index is 12.5. The van der Waals surface area contributed by atoms with Crippen molar-refractivity contribution in [3.05, 3.63) is 75.4 Å². The minimum absolute atomic E-state index is 0.174. The van der Waals surface area contributed by atoms with Crippen molar-refractivity contribution in [1.82, 2.24) is 10.2 Å². The first kappa shape index (κ1) is 26.5. The highest BCUT2D eigenvalue weighted by atomic mass is 35.5. The third kappa shape index (κ3) is 6.60. The minimum Gasteiger partial charge on any atom is -0.457 e. The first-order valence-corrected chi connectivity index (χ1v) is 13.0. The van der Waals surface area contributed by atoms with E-state index in [1.807, 2.05) is 18.2 Å². The van der Waals surface area contributed by atoms with Gasteiger partial charge in [-0.2, -0.15) is 0 Å². The quantitative estimate of drug-likeness (QED) is 0.261. The van der Waals surface area contributed by atoms with Gasteiger partial charge in [-0.1, -0.05) is 47.8 Å². The fraction of sp³-hybridized carbons (Fsp3) is 0.231. The van der Waals surface area contributed by atoms with Gasteiger partial charge >= 0.3 is 0 Å². The molecule has 1 aromatic heterocycles. The number of nitrogens with zero attached hydrogens (tertiary/aromatic N) is 2. The molecule has 1 aliphatic heterocycles. The average molecular weight is 564 g/mol. The highest BCUT2D eigenvalue weighted by Crippen LogP contribution is 2.35. The third-order valence-corrected chi connectivity index (χ3v) is 6.89. The van der Waals surface area contributed by atoms with Gasteiger partial charge in [-0.05, 0) is 67.3 Å². The van der Waals surface area contributed by atoms with Crippen molar-refractivity contribution in [3.63, 3.8) is 0 Å². The number of rotatable bonds is 6. The number of amides is 1. The van der Waals surface area contributed by atoms with Gasteiger partial charge < -0.3 is 19.5 Å². The van der Waals surface area contributed by atoms with Crippen LogP contribution < -0.4 is 15.5 Å². The molecule has 1 aliphatic rings. The smallest absolute Gasteiger partial charge is 0.250 e. The Morgan fingerprint density at radius 1 is 1.06 bits per heavy atom. The average Bonchev–Trinajstić information content (AvgIpc) is 3.32. The van der Waals surface area contributed by atoms with E-state index >= 15 is 0 Å². The van der Waals surface area contributed by atoms with E-state index < -0.39 is 5.91 Å². The lowest BCUT2D eigenvalue weighted by molar-refractivity contribution is -0.115. The third-order valence-electron chi connectivity index (χ3n) is 5.83. The number of halogens is 3. The van der Waals surface area contributed by atoms with E-state index in [-0.39, 0.29) is 5.11 Å². The van der Waals surface area contributed by atoms with Crippen molar-refractivity contribution in [2.75, 3.05) is 42.9 Å². The van der Waals surface area contributed by atoms with Crippen molar-refractivity contribution in [1.29, 1.82) is 0 Å². The standard InChI is InChI=1S/C26H25Cl3N4O2S/c1-2-32-12-14-33(15-13-32)25-20(28)4-3-5-22(25)30-26(36)31-24(34)11-8-18-7-10-23(35-18)19-9-6-17(27)16-21(19)29/h3-11,16H,2,12-15H2,1H3,(H2,30,31,34,36). The zero-order valence-electron chi connectivity index (χ0n) is 19.6.